The fraction of sp³-hybridized carbons (Fsp3) is 0.133. The van der Waals surface area contributed by atoms with Crippen molar-refractivity contribution < 1.29 is 17.9 Å². The predicted octanol–water partition coefficient (Wildman–Crippen LogP) is 3.24. The van der Waals surface area contributed by atoms with E-state index in [1.807, 2.05) is 0 Å². The van der Waals surface area contributed by atoms with Crippen LogP contribution in [0.5, 0.6) is 0 Å². The van der Waals surface area contributed by atoms with Crippen molar-refractivity contribution in [2.45, 2.75) is 11.8 Å². The lowest BCUT2D eigenvalue weighted by Crippen LogP contribution is -2.14. The molecule has 1 N–H and O–H groups in total. The zero-order valence-corrected chi connectivity index (χ0v) is 13.5. The van der Waals surface area contributed by atoms with Gasteiger partial charge in [-0.1, -0.05) is 17.7 Å². The number of halogens is 1. The summed E-state index contributed by atoms with van der Waals surface area (Å²) in [7, 11) is -2.48. The van der Waals surface area contributed by atoms with E-state index in [0.29, 0.717) is 21.8 Å². The molecule has 2 rings (SSSR count). The molecule has 0 amide bonds. The van der Waals surface area contributed by atoms with Gasteiger partial charge in [-0.3, -0.25) is 4.72 Å². The Bertz CT molecular complexity index is 801. The van der Waals surface area contributed by atoms with Crippen LogP contribution < -0.4 is 4.72 Å². The van der Waals surface area contributed by atoms with E-state index in [4.69, 9.17) is 11.6 Å². The van der Waals surface area contributed by atoms with Crippen LogP contribution in [0.2, 0.25) is 5.02 Å². The lowest BCUT2D eigenvalue weighted by atomic mass is 10.2. The minimum atomic E-state index is -3.76. The van der Waals surface area contributed by atoms with Gasteiger partial charge in [-0.15, -0.1) is 0 Å². The molecule has 0 spiro atoms. The van der Waals surface area contributed by atoms with Crippen LogP contribution in [0.15, 0.2) is 47.4 Å². The lowest BCUT2D eigenvalue weighted by molar-refractivity contribution is 0.0601. The molecule has 0 aliphatic rings. The Balaban J connectivity index is 2.29. The third-order valence-electron chi connectivity index (χ3n) is 3.00. The highest BCUT2D eigenvalue weighted by Crippen LogP contribution is 2.23. The van der Waals surface area contributed by atoms with Crippen molar-refractivity contribution in [1.29, 1.82) is 0 Å². The minimum absolute atomic E-state index is 0.108. The van der Waals surface area contributed by atoms with Gasteiger partial charge in [-0.2, -0.15) is 0 Å². The summed E-state index contributed by atoms with van der Waals surface area (Å²) in [6.45, 7) is 1.69. The van der Waals surface area contributed by atoms with Crippen LogP contribution in [0.4, 0.5) is 5.69 Å². The summed E-state index contributed by atoms with van der Waals surface area (Å²) >= 11 is 5.85. The number of benzene rings is 2. The molecule has 22 heavy (non-hydrogen) atoms. The highest BCUT2D eigenvalue weighted by atomic mass is 35.5. The van der Waals surface area contributed by atoms with Gasteiger partial charge >= 0.3 is 5.97 Å². The number of anilines is 1. The Morgan fingerprint density at radius 3 is 2.36 bits per heavy atom. The van der Waals surface area contributed by atoms with Gasteiger partial charge in [0.15, 0.2) is 0 Å². The van der Waals surface area contributed by atoms with Crippen LogP contribution in [0.1, 0.15) is 15.9 Å². The lowest BCUT2D eigenvalue weighted by Gasteiger charge is -2.11. The molecular weight excluding hydrogens is 326 g/mol. The zero-order valence-electron chi connectivity index (χ0n) is 12.0. The Hall–Kier alpha value is -2.05. The van der Waals surface area contributed by atoms with E-state index >= 15 is 0 Å². The third kappa shape index (κ3) is 3.58. The molecule has 0 aliphatic carbocycles. The van der Waals surface area contributed by atoms with E-state index in [1.165, 1.54) is 37.4 Å². The number of methoxy groups -OCH3 is 1. The fourth-order valence-electron chi connectivity index (χ4n) is 1.87. The Morgan fingerprint density at radius 1 is 1.14 bits per heavy atom. The first kappa shape index (κ1) is 16.3. The Morgan fingerprint density at radius 2 is 1.77 bits per heavy atom. The van der Waals surface area contributed by atoms with Gasteiger partial charge in [0.1, 0.15) is 0 Å². The number of sulfonamides is 1. The first-order valence-electron chi connectivity index (χ1n) is 6.31. The minimum Gasteiger partial charge on any atom is -0.465 e. The van der Waals surface area contributed by atoms with Crippen molar-refractivity contribution in [2.75, 3.05) is 11.8 Å². The largest absolute Gasteiger partial charge is 0.465 e. The van der Waals surface area contributed by atoms with Crippen LogP contribution >= 0.6 is 11.6 Å². The Labute approximate surface area is 133 Å². The average Bonchev–Trinajstić information content (AvgIpc) is 2.49. The SMILES string of the molecule is COC(=O)c1ccc(NS(=O)(=O)c2cc(Cl)ccc2C)cc1. The maximum atomic E-state index is 12.4. The number of aryl methyl sites for hydroxylation is 1. The number of ether oxygens (including phenoxy) is 1. The maximum absolute atomic E-state index is 12.4. The standard InChI is InChI=1S/C15H14ClNO4S/c1-10-3-6-12(16)9-14(10)22(19,20)17-13-7-4-11(5-8-13)15(18)21-2/h3-9,17H,1-2H3. The predicted molar refractivity (Wildman–Crippen MR) is 84.8 cm³/mol. The molecule has 0 heterocycles. The Kier molecular flexibility index (Phi) is 4.73. The van der Waals surface area contributed by atoms with Gasteiger partial charge in [-0.05, 0) is 48.9 Å². The van der Waals surface area contributed by atoms with Crippen molar-refractivity contribution in [3.8, 4) is 0 Å². The first-order valence-corrected chi connectivity index (χ1v) is 8.17. The van der Waals surface area contributed by atoms with Gasteiger partial charge in [-0.25, -0.2) is 13.2 Å². The number of rotatable bonds is 4. The fourth-order valence-corrected chi connectivity index (χ4v) is 3.43. The third-order valence-corrected chi connectivity index (χ3v) is 4.76. The number of nitrogens with one attached hydrogen (secondary N) is 1. The summed E-state index contributed by atoms with van der Waals surface area (Å²) in [6, 6.07) is 10.6. The van der Waals surface area contributed by atoms with Crippen LogP contribution in [-0.2, 0) is 14.8 Å². The van der Waals surface area contributed by atoms with E-state index in [0.717, 1.165) is 0 Å². The molecule has 2 aromatic carbocycles. The second-order valence-electron chi connectivity index (χ2n) is 4.58. The summed E-state index contributed by atoms with van der Waals surface area (Å²) in [5, 5.41) is 0.340. The molecule has 0 aromatic heterocycles. The molecule has 0 atom stereocenters. The molecule has 0 unspecified atom stereocenters. The zero-order chi connectivity index (χ0) is 16.3. The smallest absolute Gasteiger partial charge is 0.337 e. The second kappa shape index (κ2) is 6.37. The summed E-state index contributed by atoms with van der Waals surface area (Å²) in [6.07, 6.45) is 0. The van der Waals surface area contributed by atoms with Crippen molar-refractivity contribution in [2.24, 2.45) is 0 Å². The molecule has 0 saturated carbocycles. The van der Waals surface area contributed by atoms with Crippen molar-refractivity contribution >= 4 is 33.3 Å². The van der Waals surface area contributed by atoms with E-state index in [2.05, 4.69) is 9.46 Å². The van der Waals surface area contributed by atoms with Crippen molar-refractivity contribution in [1.82, 2.24) is 0 Å². The second-order valence-corrected chi connectivity index (χ2v) is 6.67. The highest BCUT2D eigenvalue weighted by Gasteiger charge is 2.17. The average molecular weight is 340 g/mol. The molecular formula is C15H14ClNO4S. The van der Waals surface area contributed by atoms with Gasteiger partial charge in [0.05, 0.1) is 17.6 Å². The van der Waals surface area contributed by atoms with Crippen LogP contribution in [0, 0.1) is 6.92 Å². The first-order chi connectivity index (χ1) is 10.3. The number of carbonyl (C=O) groups excluding carboxylic acids is 1. The van der Waals surface area contributed by atoms with E-state index in [1.54, 1.807) is 19.1 Å². The van der Waals surface area contributed by atoms with Crippen LogP contribution in [0.25, 0.3) is 0 Å². The quantitative estimate of drug-likeness (QED) is 0.868. The van der Waals surface area contributed by atoms with Crippen molar-refractivity contribution in [3.05, 3.63) is 58.6 Å². The van der Waals surface area contributed by atoms with Crippen LogP contribution in [0.3, 0.4) is 0 Å². The molecule has 7 heteroatoms. The molecule has 0 aliphatic heterocycles. The monoisotopic (exact) mass is 339 g/mol. The summed E-state index contributed by atoms with van der Waals surface area (Å²) in [5.41, 5.74) is 1.26. The van der Waals surface area contributed by atoms with Gasteiger partial charge < -0.3 is 4.74 Å². The number of hydrogen-bond donors (Lipinski definition) is 1. The molecule has 116 valence electrons. The normalized spacial score (nSPS) is 11.0. The maximum Gasteiger partial charge on any atom is 0.337 e. The molecule has 0 saturated heterocycles. The summed E-state index contributed by atoms with van der Waals surface area (Å²) < 4.78 is 31.8. The highest BCUT2D eigenvalue weighted by molar-refractivity contribution is 7.92. The molecule has 0 fully saturated rings. The molecule has 0 radical (unpaired) electrons. The molecule has 2 aromatic rings. The topological polar surface area (TPSA) is 72.5 Å². The number of hydrogen-bond acceptors (Lipinski definition) is 4. The van der Waals surface area contributed by atoms with E-state index < -0.39 is 16.0 Å². The van der Waals surface area contributed by atoms with E-state index in [9.17, 15) is 13.2 Å². The number of esters is 1. The van der Waals surface area contributed by atoms with Gasteiger partial charge in [0.2, 0.25) is 0 Å². The van der Waals surface area contributed by atoms with Gasteiger partial charge in [0, 0.05) is 10.7 Å². The van der Waals surface area contributed by atoms with Crippen molar-refractivity contribution in [3.63, 3.8) is 0 Å². The summed E-state index contributed by atoms with van der Waals surface area (Å²) in [4.78, 5) is 11.4. The van der Waals surface area contributed by atoms with Gasteiger partial charge in [0.25, 0.3) is 10.0 Å². The molecule has 0 bridgehead atoms. The van der Waals surface area contributed by atoms with Crippen LogP contribution in [-0.4, -0.2) is 21.5 Å². The summed E-state index contributed by atoms with van der Waals surface area (Å²) in [5.74, 6) is -0.486. The molecule has 5 nitrogen and oxygen atoms in total. The van der Waals surface area contributed by atoms with E-state index in [-0.39, 0.29) is 4.90 Å². The number of carbonyl (C=O) groups is 1.